The van der Waals surface area contributed by atoms with Crippen molar-refractivity contribution in [2.24, 2.45) is 17.8 Å². The van der Waals surface area contributed by atoms with Gasteiger partial charge in [0, 0.05) is 23.9 Å². The number of hydrogen-bond acceptors (Lipinski definition) is 9. The molecule has 1 aromatic heterocycles. The number of sulfonamides is 1. The van der Waals surface area contributed by atoms with Gasteiger partial charge in [0.2, 0.25) is 27.7 Å². The molecule has 51 heavy (non-hydrogen) atoms. The number of ether oxygens (including phenoxy) is 2. The number of rotatable bonds is 8. The van der Waals surface area contributed by atoms with Gasteiger partial charge in [-0.3, -0.25) is 19.1 Å². The first-order valence-corrected chi connectivity index (χ1v) is 18.7. The second-order valence-electron chi connectivity index (χ2n) is 14.5. The molecular formula is C35H44FN5O9S. The summed E-state index contributed by atoms with van der Waals surface area (Å²) in [6.07, 6.45) is 5.11. The fourth-order valence-electron chi connectivity index (χ4n) is 7.39. The van der Waals surface area contributed by atoms with Gasteiger partial charge in [-0.15, -0.1) is 0 Å². The standard InChI is InChI=1S/C35H44FN5O9S/c1-20-6-4-5-7-23-17-35(23,32(44)40-51(47,48)34(19-36)11-12-34)39-29(42)27-16-25(18-41(27)31(43)28(21(2)14-20)38-33(45)46)50-30-26-9-8-24(49-3)15-22(26)10-13-37-30/h5,7-10,13,15,20-21,23,25,27-28,38H,4,6,11-12,14,16-19H2,1-3H3,(H,39,42)(H,40,44)(H,45,46)/b7-5-/t20-,21+,23?,25+,27-,28-,35?/m0/s1. The third kappa shape index (κ3) is 7.19. The molecule has 2 aliphatic carbocycles. The molecule has 2 aliphatic heterocycles. The molecule has 2 saturated carbocycles. The predicted octanol–water partition coefficient (Wildman–Crippen LogP) is 3.06. The number of carboxylic acid groups (broad SMARTS) is 1. The molecule has 4 aliphatic rings. The highest BCUT2D eigenvalue weighted by atomic mass is 32.2. The number of methoxy groups -OCH3 is 1. The molecule has 0 spiro atoms. The zero-order valence-electron chi connectivity index (χ0n) is 28.8. The van der Waals surface area contributed by atoms with Gasteiger partial charge in [-0.05, 0) is 80.0 Å². The topological polar surface area (TPSA) is 193 Å². The van der Waals surface area contributed by atoms with Crippen LogP contribution in [-0.2, 0) is 24.4 Å². The van der Waals surface area contributed by atoms with Gasteiger partial charge in [-0.1, -0.05) is 26.0 Å². The smallest absolute Gasteiger partial charge is 0.405 e. The summed E-state index contributed by atoms with van der Waals surface area (Å²) in [5.41, 5.74) is -1.66. The van der Waals surface area contributed by atoms with Crippen molar-refractivity contribution in [2.45, 2.75) is 87.3 Å². The number of carbonyl (C=O) groups is 4. The van der Waals surface area contributed by atoms with Gasteiger partial charge in [0.1, 0.15) is 40.9 Å². The molecule has 2 unspecified atom stereocenters. The normalized spacial score (nSPS) is 31.2. The number of alkyl halides is 1. The van der Waals surface area contributed by atoms with E-state index in [1.807, 2.05) is 19.1 Å². The van der Waals surface area contributed by atoms with Crippen molar-refractivity contribution in [3.05, 3.63) is 42.6 Å². The summed E-state index contributed by atoms with van der Waals surface area (Å²) in [7, 11) is -2.83. The molecular weight excluding hydrogens is 685 g/mol. The van der Waals surface area contributed by atoms with Crippen LogP contribution in [0.4, 0.5) is 9.18 Å². The van der Waals surface area contributed by atoms with Gasteiger partial charge in [-0.25, -0.2) is 22.6 Å². The van der Waals surface area contributed by atoms with Crippen molar-refractivity contribution in [3.63, 3.8) is 0 Å². The van der Waals surface area contributed by atoms with Crippen molar-refractivity contribution in [2.75, 3.05) is 20.3 Å². The van der Waals surface area contributed by atoms with Gasteiger partial charge >= 0.3 is 6.09 Å². The zero-order chi connectivity index (χ0) is 36.7. The Morgan fingerprint density at radius 3 is 2.63 bits per heavy atom. The van der Waals surface area contributed by atoms with Crippen molar-refractivity contribution in [1.82, 2.24) is 25.2 Å². The van der Waals surface area contributed by atoms with Gasteiger partial charge in [0.25, 0.3) is 5.91 Å². The van der Waals surface area contributed by atoms with Crippen LogP contribution in [0, 0.1) is 17.8 Å². The van der Waals surface area contributed by atoms with E-state index in [2.05, 4.69) is 20.3 Å². The monoisotopic (exact) mass is 729 g/mol. The summed E-state index contributed by atoms with van der Waals surface area (Å²) in [5.74, 6) is -2.33. The maximum absolute atomic E-state index is 14.3. The van der Waals surface area contributed by atoms with E-state index in [-0.39, 0.29) is 44.0 Å². The molecule has 7 atom stereocenters. The van der Waals surface area contributed by atoms with E-state index in [1.54, 1.807) is 44.5 Å². The third-order valence-electron chi connectivity index (χ3n) is 10.8. The second-order valence-corrected chi connectivity index (χ2v) is 16.5. The van der Waals surface area contributed by atoms with E-state index < -0.39 is 80.8 Å². The van der Waals surface area contributed by atoms with E-state index in [4.69, 9.17) is 9.47 Å². The molecule has 2 aromatic rings. The van der Waals surface area contributed by atoms with E-state index in [0.717, 1.165) is 5.39 Å². The molecule has 3 heterocycles. The van der Waals surface area contributed by atoms with Crippen molar-refractivity contribution in [1.29, 1.82) is 0 Å². The fraction of sp³-hybridized carbons (Fsp3) is 0.571. The fourth-order valence-corrected chi connectivity index (χ4v) is 8.82. The Hall–Kier alpha value is -4.47. The number of nitrogens with one attached hydrogen (secondary N) is 3. The molecule has 4 N–H and O–H groups in total. The highest BCUT2D eigenvalue weighted by Crippen LogP contribution is 2.48. The van der Waals surface area contributed by atoms with Crippen LogP contribution in [-0.4, -0.2) is 96.0 Å². The number of amides is 4. The largest absolute Gasteiger partial charge is 0.497 e. The van der Waals surface area contributed by atoms with Gasteiger partial charge in [0.05, 0.1) is 13.7 Å². The molecule has 14 nitrogen and oxygen atoms in total. The summed E-state index contributed by atoms with van der Waals surface area (Å²) in [5, 5.41) is 16.3. The third-order valence-corrected chi connectivity index (χ3v) is 12.9. The average Bonchev–Trinajstić information content (AvgIpc) is 3.99. The first-order chi connectivity index (χ1) is 24.2. The van der Waals surface area contributed by atoms with Crippen LogP contribution in [0.5, 0.6) is 11.6 Å². The minimum absolute atomic E-state index is 0.0299. The van der Waals surface area contributed by atoms with Crippen LogP contribution in [0.2, 0.25) is 0 Å². The number of nitrogens with zero attached hydrogens (tertiary/aromatic N) is 2. The van der Waals surface area contributed by atoms with Crippen molar-refractivity contribution < 1.29 is 46.6 Å². The molecule has 1 aromatic carbocycles. The molecule has 0 radical (unpaired) electrons. The summed E-state index contributed by atoms with van der Waals surface area (Å²) in [6.45, 7) is 2.56. The quantitative estimate of drug-likeness (QED) is 0.294. The van der Waals surface area contributed by atoms with E-state index >= 15 is 0 Å². The van der Waals surface area contributed by atoms with Crippen LogP contribution < -0.4 is 24.8 Å². The Morgan fingerprint density at radius 2 is 1.94 bits per heavy atom. The summed E-state index contributed by atoms with van der Waals surface area (Å²) >= 11 is 0. The lowest BCUT2D eigenvalue weighted by Crippen LogP contribution is -2.59. The van der Waals surface area contributed by atoms with Gasteiger partial charge < -0.3 is 30.1 Å². The van der Waals surface area contributed by atoms with Crippen LogP contribution in [0.3, 0.4) is 0 Å². The Labute approximate surface area is 295 Å². The lowest BCUT2D eigenvalue weighted by Gasteiger charge is -2.32. The predicted molar refractivity (Wildman–Crippen MR) is 183 cm³/mol. The van der Waals surface area contributed by atoms with Crippen molar-refractivity contribution >= 4 is 44.6 Å². The Kier molecular flexibility index (Phi) is 9.92. The Balaban J connectivity index is 1.33. The van der Waals surface area contributed by atoms with Crippen LogP contribution >= 0.6 is 0 Å². The maximum atomic E-state index is 14.3. The number of pyridine rings is 1. The highest BCUT2D eigenvalue weighted by Gasteiger charge is 2.64. The molecule has 276 valence electrons. The number of halogens is 1. The number of fused-ring (bicyclic) bond motifs is 3. The molecule has 6 rings (SSSR count). The van der Waals surface area contributed by atoms with Crippen LogP contribution in [0.15, 0.2) is 42.6 Å². The molecule has 1 saturated heterocycles. The first kappa shape index (κ1) is 36.3. The first-order valence-electron chi connectivity index (χ1n) is 17.2. The lowest BCUT2D eigenvalue weighted by atomic mass is 9.88. The van der Waals surface area contributed by atoms with Gasteiger partial charge in [0.15, 0.2) is 0 Å². The molecule has 3 fully saturated rings. The van der Waals surface area contributed by atoms with Crippen LogP contribution in [0.25, 0.3) is 10.8 Å². The molecule has 0 bridgehead atoms. The molecule has 16 heteroatoms. The Morgan fingerprint density at radius 1 is 1.18 bits per heavy atom. The van der Waals surface area contributed by atoms with Crippen LogP contribution in [0.1, 0.15) is 58.8 Å². The minimum atomic E-state index is -4.38. The summed E-state index contributed by atoms with van der Waals surface area (Å²) in [6, 6.07) is 4.74. The summed E-state index contributed by atoms with van der Waals surface area (Å²) in [4.78, 5) is 59.9. The SMILES string of the molecule is COc1ccc2c(O[C@@H]3C[C@H]4C(=O)NC5(C(=O)NS(=O)(=O)C6(CF)CC6)CC5/C=C\CC[C@H](C)C[C@@H](C)[C@H](NC(=O)O)C(=O)N4C3)nccc2c1. The number of hydrogen-bond donors (Lipinski definition) is 4. The highest BCUT2D eigenvalue weighted by molar-refractivity contribution is 7.91. The van der Waals surface area contributed by atoms with Gasteiger partial charge in [-0.2, -0.15) is 0 Å². The average molecular weight is 730 g/mol. The zero-order valence-corrected chi connectivity index (χ0v) is 29.6. The number of carbonyl (C=O) groups excluding carboxylic acids is 3. The number of allylic oxidation sites excluding steroid dienone is 1. The minimum Gasteiger partial charge on any atom is -0.497 e. The maximum Gasteiger partial charge on any atom is 0.405 e. The lowest BCUT2D eigenvalue weighted by molar-refractivity contribution is -0.142. The van der Waals surface area contributed by atoms with E-state index in [0.29, 0.717) is 30.4 Å². The number of aromatic nitrogens is 1. The van der Waals surface area contributed by atoms with Crippen molar-refractivity contribution in [3.8, 4) is 11.6 Å². The molecule has 4 amide bonds. The Bertz CT molecular complexity index is 1850. The second kappa shape index (κ2) is 13.9. The van der Waals surface area contributed by atoms with E-state index in [9.17, 15) is 37.1 Å². The summed E-state index contributed by atoms with van der Waals surface area (Å²) < 4.78 is 51.9. The number of benzene rings is 1. The van der Waals surface area contributed by atoms with E-state index in [1.165, 1.54) is 4.90 Å².